The van der Waals surface area contributed by atoms with Crippen molar-refractivity contribution in [2.75, 3.05) is 25.5 Å². The largest absolute Gasteiger partial charge is 0.495 e. The van der Waals surface area contributed by atoms with Crippen LogP contribution in [-0.2, 0) is 9.59 Å². The maximum atomic E-state index is 13.0. The number of methoxy groups -OCH3 is 1. The minimum Gasteiger partial charge on any atom is -0.495 e. The summed E-state index contributed by atoms with van der Waals surface area (Å²) in [6, 6.07) is 10.5. The van der Waals surface area contributed by atoms with Gasteiger partial charge < -0.3 is 15.4 Å². The molecule has 10 heteroatoms. The number of benzene rings is 2. The van der Waals surface area contributed by atoms with Gasteiger partial charge in [0.05, 0.1) is 29.9 Å². The van der Waals surface area contributed by atoms with Crippen LogP contribution in [0.5, 0.6) is 5.75 Å². The van der Waals surface area contributed by atoms with Crippen molar-refractivity contribution in [1.29, 1.82) is 0 Å². The number of hydrogen-bond acceptors (Lipinski definition) is 5. The smallest absolute Gasteiger partial charge is 0.257 e. The zero-order chi connectivity index (χ0) is 21.2. The van der Waals surface area contributed by atoms with Crippen LogP contribution in [0.4, 0.5) is 10.1 Å². The minimum absolute atomic E-state index is 0.00765. The van der Waals surface area contributed by atoms with Crippen molar-refractivity contribution in [3.8, 4) is 5.75 Å². The number of nitrogens with one attached hydrogen (secondary N) is 4. The summed E-state index contributed by atoms with van der Waals surface area (Å²) in [6.45, 7) is -0.0752. The SMILES string of the molecule is COc1ccccc1NCC(=O)NNC(=O)CCNC(=O)c1ccc(F)cc1Cl. The molecule has 8 nitrogen and oxygen atoms in total. The lowest BCUT2D eigenvalue weighted by atomic mass is 10.2. The summed E-state index contributed by atoms with van der Waals surface area (Å²) in [5, 5.41) is 5.35. The second-order valence-electron chi connectivity index (χ2n) is 5.78. The number of anilines is 1. The molecule has 0 aromatic heterocycles. The number of ether oxygens (including phenoxy) is 1. The molecular formula is C19H20ClFN4O4. The molecule has 0 fully saturated rings. The van der Waals surface area contributed by atoms with Crippen LogP contribution in [0.15, 0.2) is 42.5 Å². The quantitative estimate of drug-likeness (QED) is 0.486. The van der Waals surface area contributed by atoms with E-state index in [1.54, 1.807) is 24.3 Å². The van der Waals surface area contributed by atoms with Crippen LogP contribution in [0.2, 0.25) is 5.02 Å². The number of halogens is 2. The third kappa shape index (κ3) is 6.96. The predicted molar refractivity (Wildman–Crippen MR) is 106 cm³/mol. The van der Waals surface area contributed by atoms with Gasteiger partial charge in [-0.05, 0) is 30.3 Å². The number of rotatable bonds is 8. The molecule has 0 spiro atoms. The zero-order valence-corrected chi connectivity index (χ0v) is 16.3. The fourth-order valence-electron chi connectivity index (χ4n) is 2.27. The van der Waals surface area contributed by atoms with Crippen molar-refractivity contribution in [2.24, 2.45) is 0 Å². The molecule has 154 valence electrons. The monoisotopic (exact) mass is 422 g/mol. The molecule has 29 heavy (non-hydrogen) atoms. The summed E-state index contributed by atoms with van der Waals surface area (Å²) in [7, 11) is 1.52. The van der Waals surface area contributed by atoms with Crippen molar-refractivity contribution in [3.05, 3.63) is 58.9 Å². The average molecular weight is 423 g/mol. The van der Waals surface area contributed by atoms with E-state index in [1.165, 1.54) is 13.2 Å². The summed E-state index contributed by atoms with van der Waals surface area (Å²) in [5.74, 6) is -1.47. The average Bonchev–Trinajstić information content (AvgIpc) is 2.70. The van der Waals surface area contributed by atoms with E-state index < -0.39 is 23.5 Å². The van der Waals surface area contributed by atoms with Crippen LogP contribution in [0.1, 0.15) is 16.8 Å². The maximum Gasteiger partial charge on any atom is 0.257 e. The Balaban J connectivity index is 1.67. The first-order chi connectivity index (χ1) is 13.9. The Kier molecular flexibility index (Phi) is 8.23. The molecule has 2 rings (SSSR count). The van der Waals surface area contributed by atoms with Gasteiger partial charge >= 0.3 is 0 Å². The van der Waals surface area contributed by atoms with Gasteiger partial charge in [-0.25, -0.2) is 4.39 Å². The van der Waals surface area contributed by atoms with Gasteiger partial charge in [-0.15, -0.1) is 0 Å². The fraction of sp³-hybridized carbons (Fsp3) is 0.211. The first-order valence-electron chi connectivity index (χ1n) is 8.58. The van der Waals surface area contributed by atoms with Crippen LogP contribution in [0.3, 0.4) is 0 Å². The first kappa shape index (κ1) is 22.0. The molecular weight excluding hydrogens is 403 g/mol. The van der Waals surface area contributed by atoms with E-state index in [0.717, 1.165) is 12.1 Å². The van der Waals surface area contributed by atoms with E-state index in [1.807, 2.05) is 0 Å². The minimum atomic E-state index is -0.554. The highest BCUT2D eigenvalue weighted by molar-refractivity contribution is 6.33. The van der Waals surface area contributed by atoms with E-state index in [4.69, 9.17) is 16.3 Å². The molecule has 0 saturated carbocycles. The maximum absolute atomic E-state index is 13.0. The van der Waals surface area contributed by atoms with Crippen LogP contribution in [0, 0.1) is 5.82 Å². The first-order valence-corrected chi connectivity index (χ1v) is 8.96. The van der Waals surface area contributed by atoms with Crippen molar-refractivity contribution in [1.82, 2.24) is 16.2 Å². The number of para-hydroxylation sites is 2. The molecule has 2 aromatic carbocycles. The van der Waals surface area contributed by atoms with E-state index in [2.05, 4.69) is 21.5 Å². The topological polar surface area (TPSA) is 109 Å². The standard InChI is InChI=1S/C19H20ClFN4O4/c1-29-16-5-3-2-4-15(16)23-11-18(27)25-24-17(26)8-9-22-19(28)13-7-6-12(21)10-14(13)20/h2-7,10,23H,8-9,11H2,1H3,(H,22,28)(H,24,26)(H,25,27). The highest BCUT2D eigenvalue weighted by Crippen LogP contribution is 2.22. The molecule has 0 heterocycles. The molecule has 2 aromatic rings. The third-order valence-electron chi connectivity index (χ3n) is 3.70. The zero-order valence-electron chi connectivity index (χ0n) is 15.6. The molecule has 0 saturated heterocycles. The van der Waals surface area contributed by atoms with Gasteiger partial charge in [0, 0.05) is 13.0 Å². The lowest BCUT2D eigenvalue weighted by molar-refractivity contribution is -0.127. The number of amides is 3. The number of hydrazine groups is 1. The number of carbonyl (C=O) groups is 3. The van der Waals surface area contributed by atoms with Crippen LogP contribution < -0.4 is 26.2 Å². The molecule has 0 aliphatic carbocycles. The fourth-order valence-corrected chi connectivity index (χ4v) is 2.52. The van der Waals surface area contributed by atoms with E-state index in [9.17, 15) is 18.8 Å². The van der Waals surface area contributed by atoms with Crippen molar-refractivity contribution in [2.45, 2.75) is 6.42 Å². The van der Waals surface area contributed by atoms with Gasteiger partial charge in [-0.1, -0.05) is 23.7 Å². The second-order valence-corrected chi connectivity index (χ2v) is 6.19. The molecule has 0 atom stereocenters. The molecule has 4 N–H and O–H groups in total. The van der Waals surface area contributed by atoms with Crippen molar-refractivity contribution < 1.29 is 23.5 Å². The van der Waals surface area contributed by atoms with Gasteiger partial charge in [-0.2, -0.15) is 0 Å². The van der Waals surface area contributed by atoms with Crippen molar-refractivity contribution >= 4 is 35.0 Å². The Morgan fingerprint density at radius 1 is 1.07 bits per heavy atom. The molecule has 0 aliphatic rings. The summed E-state index contributed by atoms with van der Waals surface area (Å²) in [5.41, 5.74) is 5.24. The number of carbonyl (C=O) groups excluding carboxylic acids is 3. The molecule has 0 aliphatic heterocycles. The second kappa shape index (κ2) is 10.9. The third-order valence-corrected chi connectivity index (χ3v) is 4.01. The van der Waals surface area contributed by atoms with Gasteiger partial charge in [0.15, 0.2) is 0 Å². The van der Waals surface area contributed by atoms with Crippen LogP contribution in [-0.4, -0.2) is 37.9 Å². The van der Waals surface area contributed by atoms with Crippen LogP contribution >= 0.6 is 11.6 Å². The van der Waals surface area contributed by atoms with E-state index in [-0.39, 0.29) is 30.1 Å². The summed E-state index contributed by atoms with van der Waals surface area (Å²) in [6.07, 6.45) is -0.0786. The van der Waals surface area contributed by atoms with Crippen LogP contribution in [0.25, 0.3) is 0 Å². The van der Waals surface area contributed by atoms with E-state index >= 15 is 0 Å². The van der Waals surface area contributed by atoms with Gasteiger partial charge in [0.1, 0.15) is 11.6 Å². The Hall–Kier alpha value is -3.33. The summed E-state index contributed by atoms with van der Waals surface area (Å²) >= 11 is 5.80. The lowest BCUT2D eigenvalue weighted by Gasteiger charge is -2.12. The highest BCUT2D eigenvalue weighted by atomic mass is 35.5. The van der Waals surface area contributed by atoms with Gasteiger partial charge in [-0.3, -0.25) is 25.2 Å². The van der Waals surface area contributed by atoms with E-state index in [0.29, 0.717) is 11.4 Å². The highest BCUT2D eigenvalue weighted by Gasteiger charge is 2.12. The Labute approximate surface area is 171 Å². The molecule has 0 unspecified atom stereocenters. The number of hydrogen-bond donors (Lipinski definition) is 4. The van der Waals surface area contributed by atoms with Gasteiger partial charge in [0.2, 0.25) is 5.91 Å². The Morgan fingerprint density at radius 3 is 2.52 bits per heavy atom. The summed E-state index contributed by atoms with van der Waals surface area (Å²) in [4.78, 5) is 35.5. The normalized spacial score (nSPS) is 10.0. The lowest BCUT2D eigenvalue weighted by Crippen LogP contribution is -2.45. The predicted octanol–water partition coefficient (Wildman–Crippen LogP) is 1.87. The molecule has 0 bridgehead atoms. The Morgan fingerprint density at radius 2 is 1.79 bits per heavy atom. The van der Waals surface area contributed by atoms with Gasteiger partial charge in [0.25, 0.3) is 11.8 Å². The molecule has 3 amide bonds. The van der Waals surface area contributed by atoms with Crippen molar-refractivity contribution in [3.63, 3.8) is 0 Å². The Bertz CT molecular complexity index is 894. The molecule has 0 radical (unpaired) electrons. The summed E-state index contributed by atoms with van der Waals surface area (Å²) < 4.78 is 18.2.